The summed E-state index contributed by atoms with van der Waals surface area (Å²) >= 11 is 6.15. The minimum Gasteiger partial charge on any atom is -0.496 e. The number of amides is 4. The summed E-state index contributed by atoms with van der Waals surface area (Å²) in [6.45, 7) is -0.248. The van der Waals surface area contributed by atoms with Crippen molar-refractivity contribution in [1.82, 2.24) is 15.5 Å². The van der Waals surface area contributed by atoms with Gasteiger partial charge in [-0.15, -0.1) is 0 Å². The Hall–Kier alpha value is -3.84. The van der Waals surface area contributed by atoms with Crippen LogP contribution in [0.2, 0.25) is 5.02 Å². The fourth-order valence-electron chi connectivity index (χ4n) is 4.18. The highest BCUT2D eigenvalue weighted by atomic mass is 35.5. The molecule has 1 atom stereocenters. The molecule has 1 unspecified atom stereocenters. The first-order valence-electron chi connectivity index (χ1n) is 11.3. The average Bonchev–Trinajstić information content (AvgIpc) is 3.02. The third-order valence-electron chi connectivity index (χ3n) is 5.95. The lowest BCUT2D eigenvalue weighted by Crippen LogP contribution is -2.48. The van der Waals surface area contributed by atoms with E-state index in [9.17, 15) is 14.4 Å². The van der Waals surface area contributed by atoms with Crippen LogP contribution in [0.5, 0.6) is 5.75 Å². The van der Waals surface area contributed by atoms with Crippen LogP contribution in [0, 0.1) is 5.92 Å². The van der Waals surface area contributed by atoms with Crippen LogP contribution in [0.25, 0.3) is 0 Å². The summed E-state index contributed by atoms with van der Waals surface area (Å²) in [5.74, 6) is -0.916. The number of methoxy groups -OCH3 is 1. The van der Waals surface area contributed by atoms with Gasteiger partial charge in [0, 0.05) is 11.6 Å². The predicted molar refractivity (Wildman–Crippen MR) is 133 cm³/mol. The van der Waals surface area contributed by atoms with Gasteiger partial charge >= 0.3 is 6.03 Å². The van der Waals surface area contributed by atoms with E-state index in [1.807, 2.05) is 60.7 Å². The van der Waals surface area contributed by atoms with E-state index >= 15 is 0 Å². The van der Waals surface area contributed by atoms with Gasteiger partial charge < -0.3 is 15.4 Å². The fourth-order valence-corrected chi connectivity index (χ4v) is 4.37. The highest BCUT2D eigenvalue weighted by Gasteiger charge is 2.35. The highest BCUT2D eigenvalue weighted by Crippen LogP contribution is 2.27. The first-order chi connectivity index (χ1) is 17.0. The Morgan fingerprint density at radius 2 is 1.69 bits per heavy atom. The lowest BCUT2D eigenvalue weighted by molar-refractivity contribution is -0.133. The van der Waals surface area contributed by atoms with Gasteiger partial charge in [0.25, 0.3) is 0 Å². The number of carbonyl (C=O) groups excluding carboxylic acids is 3. The molecular formula is C27H26ClN3O4. The molecule has 35 heavy (non-hydrogen) atoms. The number of hydrogen-bond acceptors (Lipinski definition) is 4. The van der Waals surface area contributed by atoms with Gasteiger partial charge in [-0.3, -0.25) is 14.5 Å². The molecule has 0 aliphatic carbocycles. The normalized spacial score (nSPS) is 16.0. The van der Waals surface area contributed by atoms with Gasteiger partial charge in [0.15, 0.2) is 0 Å². The van der Waals surface area contributed by atoms with Gasteiger partial charge in [-0.25, -0.2) is 4.79 Å². The van der Waals surface area contributed by atoms with E-state index in [0.717, 1.165) is 21.6 Å². The first-order valence-corrected chi connectivity index (χ1v) is 11.6. The molecule has 0 radical (unpaired) electrons. The Bertz CT molecular complexity index is 1160. The minimum absolute atomic E-state index is 0.109. The quantitative estimate of drug-likeness (QED) is 0.546. The van der Waals surface area contributed by atoms with Crippen LogP contribution >= 0.6 is 11.6 Å². The Balaban J connectivity index is 1.59. The van der Waals surface area contributed by atoms with Gasteiger partial charge in [0.2, 0.25) is 11.8 Å². The molecule has 2 N–H and O–H groups in total. The molecule has 0 saturated carbocycles. The van der Waals surface area contributed by atoms with Crippen molar-refractivity contribution in [2.75, 3.05) is 20.2 Å². The molecule has 1 aliphatic rings. The van der Waals surface area contributed by atoms with Crippen molar-refractivity contribution in [3.05, 3.63) is 101 Å². The van der Waals surface area contributed by atoms with Crippen LogP contribution in [0.15, 0.2) is 78.9 Å². The monoisotopic (exact) mass is 491 g/mol. The Morgan fingerprint density at radius 1 is 1.06 bits per heavy atom. The maximum absolute atomic E-state index is 13.5. The van der Waals surface area contributed by atoms with Gasteiger partial charge in [-0.1, -0.05) is 72.3 Å². The summed E-state index contributed by atoms with van der Waals surface area (Å²) in [4.78, 5) is 40.3. The van der Waals surface area contributed by atoms with E-state index in [0.29, 0.717) is 10.8 Å². The fraction of sp³-hybridized carbons (Fsp3) is 0.222. The second-order valence-electron chi connectivity index (χ2n) is 8.29. The predicted octanol–water partition coefficient (Wildman–Crippen LogP) is 3.96. The average molecular weight is 492 g/mol. The van der Waals surface area contributed by atoms with Crippen molar-refractivity contribution in [3.63, 3.8) is 0 Å². The summed E-state index contributed by atoms with van der Waals surface area (Å²) in [6.07, 6.45) is 0.257. The Morgan fingerprint density at radius 3 is 2.29 bits per heavy atom. The molecular weight excluding hydrogens is 466 g/mol. The molecule has 1 fully saturated rings. The molecule has 7 nitrogen and oxygen atoms in total. The SMILES string of the molecule is COc1ccc(Cl)cc1CC1CNC(=O)CN(C(=O)NC(c2ccccc2)c2ccccc2)C1=O. The van der Waals surface area contributed by atoms with E-state index in [-0.39, 0.29) is 19.5 Å². The molecule has 4 rings (SSSR count). The van der Waals surface area contributed by atoms with Crippen LogP contribution in [-0.4, -0.2) is 42.9 Å². The standard InChI is InChI=1S/C27H26ClN3O4/c1-35-23-13-12-22(28)15-20(23)14-21-16-29-24(32)17-31(26(21)33)27(34)30-25(18-8-4-2-5-9-18)19-10-6-3-7-11-19/h2-13,15,21,25H,14,16-17H2,1H3,(H,29,32)(H,30,34). The largest absolute Gasteiger partial charge is 0.496 e. The van der Waals surface area contributed by atoms with Crippen LogP contribution in [0.4, 0.5) is 4.79 Å². The number of ether oxygens (including phenoxy) is 1. The zero-order valence-corrected chi connectivity index (χ0v) is 20.0. The number of urea groups is 1. The van der Waals surface area contributed by atoms with E-state index in [1.165, 1.54) is 7.11 Å². The number of halogens is 1. The summed E-state index contributed by atoms with van der Waals surface area (Å²) < 4.78 is 5.40. The van der Waals surface area contributed by atoms with Gasteiger partial charge in [-0.2, -0.15) is 0 Å². The van der Waals surface area contributed by atoms with Gasteiger partial charge in [0.1, 0.15) is 12.3 Å². The van der Waals surface area contributed by atoms with Crippen molar-refractivity contribution in [2.24, 2.45) is 5.92 Å². The van der Waals surface area contributed by atoms with E-state index < -0.39 is 29.8 Å². The van der Waals surface area contributed by atoms with E-state index in [4.69, 9.17) is 16.3 Å². The maximum atomic E-state index is 13.5. The molecule has 3 aromatic rings. The molecule has 0 aromatic heterocycles. The molecule has 1 aliphatic heterocycles. The zero-order valence-electron chi connectivity index (χ0n) is 19.2. The van der Waals surface area contributed by atoms with Crippen molar-refractivity contribution in [2.45, 2.75) is 12.5 Å². The molecule has 0 spiro atoms. The van der Waals surface area contributed by atoms with Crippen molar-refractivity contribution < 1.29 is 19.1 Å². The number of hydrogen-bond donors (Lipinski definition) is 2. The molecule has 3 aromatic carbocycles. The van der Waals surface area contributed by atoms with E-state index in [1.54, 1.807) is 18.2 Å². The van der Waals surface area contributed by atoms with Crippen LogP contribution < -0.4 is 15.4 Å². The zero-order chi connectivity index (χ0) is 24.8. The number of imide groups is 1. The van der Waals surface area contributed by atoms with Crippen LogP contribution in [0.1, 0.15) is 22.7 Å². The van der Waals surface area contributed by atoms with Gasteiger partial charge in [-0.05, 0) is 41.3 Å². The first kappa shape index (κ1) is 24.3. The topological polar surface area (TPSA) is 87.7 Å². The van der Waals surface area contributed by atoms with Gasteiger partial charge in [0.05, 0.1) is 19.1 Å². The summed E-state index contributed by atoms with van der Waals surface area (Å²) in [7, 11) is 1.54. The summed E-state index contributed by atoms with van der Waals surface area (Å²) in [6, 6.07) is 23.0. The molecule has 1 heterocycles. The second kappa shape index (κ2) is 11.1. The lowest BCUT2D eigenvalue weighted by atomic mass is 9.97. The molecule has 0 bridgehead atoms. The second-order valence-corrected chi connectivity index (χ2v) is 8.73. The smallest absolute Gasteiger partial charge is 0.325 e. The molecule has 1 saturated heterocycles. The Labute approximate surface area is 209 Å². The number of nitrogens with zero attached hydrogens (tertiary/aromatic N) is 1. The van der Waals surface area contributed by atoms with Crippen LogP contribution in [-0.2, 0) is 16.0 Å². The maximum Gasteiger partial charge on any atom is 0.325 e. The number of benzene rings is 3. The highest BCUT2D eigenvalue weighted by molar-refractivity contribution is 6.30. The van der Waals surface area contributed by atoms with E-state index in [2.05, 4.69) is 10.6 Å². The number of rotatable bonds is 6. The number of nitrogens with one attached hydrogen (secondary N) is 2. The Kier molecular flexibility index (Phi) is 7.67. The third kappa shape index (κ3) is 5.81. The van der Waals surface area contributed by atoms with Crippen molar-refractivity contribution >= 4 is 29.4 Å². The number of carbonyl (C=O) groups is 3. The lowest BCUT2D eigenvalue weighted by Gasteiger charge is -2.26. The van der Waals surface area contributed by atoms with Crippen molar-refractivity contribution in [3.8, 4) is 5.75 Å². The molecule has 8 heteroatoms. The van der Waals surface area contributed by atoms with Crippen LogP contribution in [0.3, 0.4) is 0 Å². The summed E-state index contributed by atoms with van der Waals surface area (Å²) in [5.41, 5.74) is 2.44. The molecule has 180 valence electrons. The summed E-state index contributed by atoms with van der Waals surface area (Å²) in [5, 5.41) is 6.21. The molecule has 4 amide bonds. The third-order valence-corrected chi connectivity index (χ3v) is 6.19. The minimum atomic E-state index is -0.661. The van der Waals surface area contributed by atoms with Crippen molar-refractivity contribution in [1.29, 1.82) is 0 Å².